The molecule has 0 bridgehead atoms. The van der Waals surface area contributed by atoms with E-state index >= 15 is 0 Å². The van der Waals surface area contributed by atoms with Gasteiger partial charge in [-0.15, -0.1) is 5.10 Å². The van der Waals surface area contributed by atoms with Crippen LogP contribution >= 0.6 is 0 Å². The summed E-state index contributed by atoms with van der Waals surface area (Å²) in [5, 5.41) is 6.85. The maximum atomic E-state index is 13.2. The molecule has 1 heterocycles. The average molecular weight is 439 g/mol. The van der Waals surface area contributed by atoms with E-state index in [1.165, 1.54) is 36.4 Å². The third-order valence-corrected chi connectivity index (χ3v) is 4.44. The van der Waals surface area contributed by atoms with Crippen molar-refractivity contribution >= 4 is 17.6 Å². The summed E-state index contributed by atoms with van der Waals surface area (Å²) in [5.41, 5.74) is 0.791. The fraction of sp³-hybridized carbons (Fsp3) is 0.217. The number of esters is 1. The molecule has 9 heteroatoms. The van der Waals surface area contributed by atoms with Crippen LogP contribution in [0.15, 0.2) is 65.5 Å². The van der Waals surface area contributed by atoms with Crippen molar-refractivity contribution in [2.75, 3.05) is 11.9 Å². The van der Waals surface area contributed by atoms with Gasteiger partial charge in [0.15, 0.2) is 6.10 Å². The van der Waals surface area contributed by atoms with Gasteiger partial charge in [0.25, 0.3) is 11.5 Å². The van der Waals surface area contributed by atoms with E-state index < -0.39 is 29.4 Å². The summed E-state index contributed by atoms with van der Waals surface area (Å²) in [7, 11) is 0. The molecule has 0 saturated heterocycles. The lowest BCUT2D eigenvalue weighted by atomic mass is 10.2. The lowest BCUT2D eigenvalue weighted by Gasteiger charge is -2.17. The molecule has 0 fully saturated rings. The summed E-state index contributed by atoms with van der Waals surface area (Å²) in [6.45, 7) is 3.76. The third kappa shape index (κ3) is 5.57. The Bertz CT molecular complexity index is 1140. The van der Waals surface area contributed by atoms with Crippen molar-refractivity contribution in [3.8, 4) is 11.6 Å². The van der Waals surface area contributed by atoms with Crippen LogP contribution in [0.25, 0.3) is 5.69 Å². The largest absolute Gasteiger partial charge is 0.463 e. The highest BCUT2D eigenvalue weighted by atomic mass is 19.1. The van der Waals surface area contributed by atoms with Crippen LogP contribution in [-0.2, 0) is 9.53 Å². The van der Waals surface area contributed by atoms with Crippen LogP contribution in [0.2, 0.25) is 0 Å². The van der Waals surface area contributed by atoms with E-state index in [1.54, 1.807) is 38.1 Å². The first-order valence-electron chi connectivity index (χ1n) is 10.0. The number of carbonyl (C=O) groups is 2. The molecule has 0 saturated carbocycles. The summed E-state index contributed by atoms with van der Waals surface area (Å²) in [4.78, 5) is 36.5. The summed E-state index contributed by atoms with van der Waals surface area (Å²) >= 11 is 0. The first-order chi connectivity index (χ1) is 15.4. The summed E-state index contributed by atoms with van der Waals surface area (Å²) < 4.78 is 24.9. The molecule has 0 aliphatic carbocycles. The van der Waals surface area contributed by atoms with E-state index in [0.29, 0.717) is 23.4 Å². The molecular formula is C23H22FN3O5. The van der Waals surface area contributed by atoms with E-state index in [1.807, 2.05) is 0 Å². The van der Waals surface area contributed by atoms with E-state index in [9.17, 15) is 18.8 Å². The number of ether oxygens (including phenoxy) is 2. The Labute approximate surface area is 183 Å². The lowest BCUT2D eigenvalue weighted by molar-refractivity contribution is -0.123. The van der Waals surface area contributed by atoms with Gasteiger partial charge < -0.3 is 14.8 Å². The monoisotopic (exact) mass is 439 g/mol. The van der Waals surface area contributed by atoms with Crippen molar-refractivity contribution in [3.63, 3.8) is 0 Å². The van der Waals surface area contributed by atoms with Gasteiger partial charge in [-0.05, 0) is 61.9 Å². The Morgan fingerprint density at radius 1 is 1.03 bits per heavy atom. The molecule has 3 rings (SSSR count). The molecule has 0 aliphatic heterocycles. The fourth-order valence-electron chi connectivity index (χ4n) is 2.82. The minimum atomic E-state index is -0.883. The minimum Gasteiger partial charge on any atom is -0.463 e. The number of anilines is 1. The molecule has 32 heavy (non-hydrogen) atoms. The number of halogens is 1. The molecule has 0 spiro atoms. The molecule has 1 aromatic heterocycles. The predicted molar refractivity (Wildman–Crippen MR) is 116 cm³/mol. The van der Waals surface area contributed by atoms with Crippen LogP contribution in [0.4, 0.5) is 10.1 Å². The Kier molecular flexibility index (Phi) is 7.33. The van der Waals surface area contributed by atoms with Crippen molar-refractivity contribution in [1.29, 1.82) is 0 Å². The molecule has 0 aliphatic rings. The molecule has 2 aromatic carbocycles. The normalized spacial score (nSPS) is 11.5. The molecule has 1 amide bonds. The maximum absolute atomic E-state index is 13.2. The van der Waals surface area contributed by atoms with E-state index in [2.05, 4.69) is 10.4 Å². The molecule has 0 unspecified atom stereocenters. The topological polar surface area (TPSA) is 99.5 Å². The molecule has 3 aromatic rings. The zero-order valence-corrected chi connectivity index (χ0v) is 17.6. The maximum Gasteiger partial charge on any atom is 0.338 e. The summed E-state index contributed by atoms with van der Waals surface area (Å²) in [6.07, 6.45) is -0.546. The molecule has 0 radical (unpaired) electrons. The van der Waals surface area contributed by atoms with Gasteiger partial charge in [0.2, 0.25) is 5.88 Å². The second kappa shape index (κ2) is 10.3. The average Bonchev–Trinajstić information content (AvgIpc) is 2.79. The highest BCUT2D eigenvalue weighted by Gasteiger charge is 2.20. The van der Waals surface area contributed by atoms with Gasteiger partial charge in [0, 0.05) is 17.8 Å². The lowest BCUT2D eigenvalue weighted by Crippen LogP contribution is -2.33. The predicted octanol–water partition coefficient (Wildman–Crippen LogP) is 3.34. The van der Waals surface area contributed by atoms with Crippen molar-refractivity contribution < 1.29 is 23.5 Å². The Hall–Kier alpha value is -4.01. The van der Waals surface area contributed by atoms with Crippen molar-refractivity contribution in [2.24, 2.45) is 0 Å². The molecule has 1 N–H and O–H groups in total. The first-order valence-corrected chi connectivity index (χ1v) is 10.0. The van der Waals surface area contributed by atoms with Gasteiger partial charge in [-0.25, -0.2) is 9.18 Å². The molecule has 1 atom stereocenters. The van der Waals surface area contributed by atoms with Crippen LogP contribution < -0.4 is 15.6 Å². The number of hydrogen-bond acceptors (Lipinski definition) is 6. The van der Waals surface area contributed by atoms with E-state index in [4.69, 9.17) is 9.47 Å². The number of nitrogens with one attached hydrogen (secondary N) is 1. The molecular weight excluding hydrogens is 417 g/mol. The fourth-order valence-corrected chi connectivity index (χ4v) is 2.82. The molecule has 8 nitrogen and oxygen atoms in total. The zero-order valence-electron chi connectivity index (χ0n) is 17.6. The third-order valence-electron chi connectivity index (χ3n) is 4.44. The first kappa shape index (κ1) is 22.7. The zero-order chi connectivity index (χ0) is 23.1. The van der Waals surface area contributed by atoms with Crippen molar-refractivity contribution in [1.82, 2.24) is 9.78 Å². The van der Waals surface area contributed by atoms with Crippen LogP contribution in [0.5, 0.6) is 5.88 Å². The minimum absolute atomic E-state index is 0.0635. The van der Waals surface area contributed by atoms with Gasteiger partial charge >= 0.3 is 5.97 Å². The summed E-state index contributed by atoms with van der Waals surface area (Å²) in [6, 6.07) is 14.2. The van der Waals surface area contributed by atoms with Gasteiger partial charge in [-0.3, -0.25) is 9.59 Å². The van der Waals surface area contributed by atoms with E-state index in [-0.39, 0.29) is 12.5 Å². The Morgan fingerprint density at radius 3 is 2.34 bits per heavy atom. The number of rotatable bonds is 8. The van der Waals surface area contributed by atoms with Gasteiger partial charge in [0.1, 0.15) is 5.82 Å². The van der Waals surface area contributed by atoms with Crippen LogP contribution in [0, 0.1) is 5.82 Å². The summed E-state index contributed by atoms with van der Waals surface area (Å²) in [5.74, 6) is -1.24. The second-order valence-corrected chi connectivity index (χ2v) is 6.70. The number of nitrogens with zero attached hydrogens (tertiary/aromatic N) is 2. The van der Waals surface area contributed by atoms with Crippen molar-refractivity contribution in [2.45, 2.75) is 26.4 Å². The number of aromatic nitrogens is 2. The second-order valence-electron chi connectivity index (χ2n) is 6.70. The van der Waals surface area contributed by atoms with Gasteiger partial charge in [-0.2, -0.15) is 4.68 Å². The van der Waals surface area contributed by atoms with Gasteiger partial charge in [0.05, 0.1) is 17.9 Å². The number of hydrogen-bond donors (Lipinski definition) is 1. The van der Waals surface area contributed by atoms with Crippen molar-refractivity contribution in [3.05, 3.63) is 82.4 Å². The number of carbonyl (C=O) groups excluding carboxylic acids is 2. The standard InChI is InChI=1S/C23H22FN3O5/c1-3-19(22(29)25-17-9-5-15(6-10-17)23(30)31-4-2)32-20-13-14-21(28)27(26-20)18-11-7-16(24)8-12-18/h5-14,19H,3-4H2,1-2H3,(H,25,29)/t19-/m0/s1. The number of benzene rings is 2. The number of amides is 1. The van der Waals surface area contributed by atoms with Crippen LogP contribution in [0.1, 0.15) is 30.6 Å². The highest BCUT2D eigenvalue weighted by Crippen LogP contribution is 2.15. The smallest absolute Gasteiger partial charge is 0.338 e. The van der Waals surface area contributed by atoms with Crippen LogP contribution in [0.3, 0.4) is 0 Å². The quantitative estimate of drug-likeness (QED) is 0.541. The van der Waals surface area contributed by atoms with E-state index in [0.717, 1.165) is 4.68 Å². The molecule has 166 valence electrons. The Morgan fingerprint density at radius 2 is 1.72 bits per heavy atom. The Balaban J connectivity index is 1.71. The van der Waals surface area contributed by atoms with Crippen LogP contribution in [-0.4, -0.2) is 34.4 Å². The van der Waals surface area contributed by atoms with Gasteiger partial charge in [-0.1, -0.05) is 6.92 Å². The SMILES string of the molecule is CCOC(=O)c1ccc(NC(=O)[C@H](CC)Oc2ccc(=O)n(-c3ccc(F)cc3)n2)cc1. The highest BCUT2D eigenvalue weighted by molar-refractivity contribution is 5.95.